The number of allylic oxidation sites excluding steroid dienone is 6. The highest BCUT2D eigenvalue weighted by Gasteiger charge is 2.20. The van der Waals surface area contributed by atoms with Crippen molar-refractivity contribution < 1.29 is 4.79 Å². The average Bonchev–Trinajstić information content (AvgIpc) is 2.57. The third kappa shape index (κ3) is 5.91. The zero-order valence-corrected chi connectivity index (χ0v) is 14.7. The number of carbonyl (C=O) groups excluding carboxylic acids is 1. The summed E-state index contributed by atoms with van der Waals surface area (Å²) in [4.78, 5) is 21.1. The smallest absolute Gasteiger partial charge is 0.239 e. The van der Waals surface area contributed by atoms with Crippen LogP contribution in [-0.2, 0) is 4.79 Å². The molecule has 24 heavy (non-hydrogen) atoms. The van der Waals surface area contributed by atoms with Crippen molar-refractivity contribution in [2.75, 3.05) is 32.7 Å². The molecule has 0 radical (unpaired) electrons. The van der Waals surface area contributed by atoms with E-state index in [-0.39, 0.29) is 5.91 Å². The third-order valence-corrected chi connectivity index (χ3v) is 4.23. The number of hydrogen-bond donors (Lipinski definition) is 1. The van der Waals surface area contributed by atoms with Crippen LogP contribution in [0.25, 0.3) is 0 Å². The number of amides is 1. The average molecular weight is 328 g/mol. The molecule has 0 atom stereocenters. The molecule has 130 valence electrons. The van der Waals surface area contributed by atoms with E-state index in [4.69, 9.17) is 0 Å². The number of carbonyl (C=O) groups is 1. The second-order valence-corrected chi connectivity index (χ2v) is 6.37. The molecule has 0 aromatic rings. The minimum absolute atomic E-state index is 0.00961. The van der Waals surface area contributed by atoms with Crippen molar-refractivity contribution in [1.82, 2.24) is 15.1 Å². The second kappa shape index (κ2) is 9.35. The topological polar surface area (TPSA) is 47.9 Å². The van der Waals surface area contributed by atoms with Crippen LogP contribution in [0.4, 0.5) is 0 Å². The molecule has 0 aromatic carbocycles. The van der Waals surface area contributed by atoms with E-state index in [1.165, 1.54) is 0 Å². The molecule has 1 saturated heterocycles. The molecule has 1 N–H and O–H groups in total. The van der Waals surface area contributed by atoms with E-state index in [0.717, 1.165) is 38.2 Å². The van der Waals surface area contributed by atoms with Gasteiger partial charge >= 0.3 is 0 Å². The minimum Gasteiger partial charge on any atom is -0.310 e. The lowest BCUT2D eigenvalue weighted by Crippen LogP contribution is -2.51. The fourth-order valence-corrected chi connectivity index (χ4v) is 2.75. The molecule has 1 fully saturated rings. The lowest BCUT2D eigenvalue weighted by molar-refractivity contribution is -0.122. The predicted molar refractivity (Wildman–Crippen MR) is 99.9 cm³/mol. The number of rotatable bonds is 6. The van der Waals surface area contributed by atoms with Gasteiger partial charge in [0.05, 0.1) is 6.54 Å². The highest BCUT2D eigenvalue weighted by Crippen LogP contribution is 2.10. The minimum atomic E-state index is 0.00961. The Hall–Kier alpha value is -1.98. The summed E-state index contributed by atoms with van der Waals surface area (Å²) in [6, 6.07) is 0.575. The van der Waals surface area contributed by atoms with Gasteiger partial charge in [0.1, 0.15) is 5.82 Å². The number of nitrogens with one attached hydrogen (secondary N) is 1. The van der Waals surface area contributed by atoms with Crippen molar-refractivity contribution in [2.24, 2.45) is 4.99 Å². The van der Waals surface area contributed by atoms with Gasteiger partial charge in [-0.2, -0.15) is 0 Å². The monoisotopic (exact) mass is 328 g/mol. The highest BCUT2D eigenvalue weighted by molar-refractivity contribution is 5.84. The summed E-state index contributed by atoms with van der Waals surface area (Å²) < 4.78 is 0. The van der Waals surface area contributed by atoms with Crippen LogP contribution < -0.4 is 5.32 Å². The van der Waals surface area contributed by atoms with Gasteiger partial charge in [-0.3, -0.25) is 14.6 Å². The zero-order chi connectivity index (χ0) is 17.4. The van der Waals surface area contributed by atoms with Gasteiger partial charge in [-0.15, -0.1) is 0 Å². The van der Waals surface area contributed by atoms with Crippen molar-refractivity contribution in [2.45, 2.75) is 26.3 Å². The Morgan fingerprint density at radius 1 is 1.33 bits per heavy atom. The molecule has 0 aliphatic carbocycles. The van der Waals surface area contributed by atoms with Gasteiger partial charge < -0.3 is 5.32 Å². The van der Waals surface area contributed by atoms with Gasteiger partial charge in [0.2, 0.25) is 5.91 Å². The molecule has 0 saturated carbocycles. The Morgan fingerprint density at radius 3 is 2.67 bits per heavy atom. The molecule has 5 nitrogen and oxygen atoms in total. The molecule has 0 unspecified atom stereocenters. The van der Waals surface area contributed by atoms with Crippen LogP contribution in [0.15, 0.2) is 53.3 Å². The van der Waals surface area contributed by atoms with Gasteiger partial charge in [0.15, 0.2) is 0 Å². The zero-order valence-electron chi connectivity index (χ0n) is 14.7. The maximum atomic E-state index is 12.2. The maximum Gasteiger partial charge on any atom is 0.239 e. The lowest BCUT2D eigenvalue weighted by atomic mass is 10.1. The normalized spacial score (nSPS) is 21.5. The SMILES string of the molecule is C=C/C=C\C=C1\C=NC(NC(=O)CN2CCN(C(C)C)CC2)=CC1. The molecular weight excluding hydrogens is 300 g/mol. The van der Waals surface area contributed by atoms with Crippen LogP contribution in [-0.4, -0.2) is 60.7 Å². The van der Waals surface area contributed by atoms with Crippen molar-refractivity contribution in [3.8, 4) is 0 Å². The Kier molecular flexibility index (Phi) is 7.15. The quantitative estimate of drug-likeness (QED) is 0.760. The Morgan fingerprint density at radius 2 is 2.08 bits per heavy atom. The summed E-state index contributed by atoms with van der Waals surface area (Å²) in [6.45, 7) is 12.4. The highest BCUT2D eigenvalue weighted by atomic mass is 16.2. The lowest BCUT2D eigenvalue weighted by Gasteiger charge is -2.36. The van der Waals surface area contributed by atoms with E-state index in [9.17, 15) is 4.79 Å². The maximum absolute atomic E-state index is 12.2. The Bertz CT molecular complexity index is 564. The van der Waals surface area contributed by atoms with E-state index in [1.807, 2.05) is 24.3 Å². The molecular formula is C19H28N4O. The molecule has 2 aliphatic heterocycles. The van der Waals surface area contributed by atoms with E-state index >= 15 is 0 Å². The number of nitrogens with zero attached hydrogens (tertiary/aromatic N) is 3. The summed E-state index contributed by atoms with van der Waals surface area (Å²) in [6.07, 6.45) is 12.1. The van der Waals surface area contributed by atoms with Crippen LogP contribution in [0.3, 0.4) is 0 Å². The molecule has 2 heterocycles. The van der Waals surface area contributed by atoms with Crippen molar-refractivity contribution >= 4 is 12.1 Å². The fraction of sp³-hybridized carbons (Fsp3) is 0.474. The van der Waals surface area contributed by atoms with E-state index in [0.29, 0.717) is 18.4 Å². The summed E-state index contributed by atoms with van der Waals surface area (Å²) in [7, 11) is 0. The summed E-state index contributed by atoms with van der Waals surface area (Å²) >= 11 is 0. The van der Waals surface area contributed by atoms with E-state index in [2.05, 4.69) is 40.5 Å². The molecule has 0 bridgehead atoms. The molecule has 1 amide bonds. The van der Waals surface area contributed by atoms with Crippen LogP contribution in [0.5, 0.6) is 0 Å². The Balaban J connectivity index is 1.74. The largest absolute Gasteiger partial charge is 0.310 e. The van der Waals surface area contributed by atoms with Gasteiger partial charge in [0, 0.05) is 38.4 Å². The second-order valence-electron chi connectivity index (χ2n) is 6.37. The van der Waals surface area contributed by atoms with Crippen molar-refractivity contribution in [3.05, 3.63) is 48.4 Å². The molecule has 2 rings (SSSR count). The van der Waals surface area contributed by atoms with Crippen LogP contribution in [0.1, 0.15) is 20.3 Å². The Labute approximate surface area is 145 Å². The van der Waals surface area contributed by atoms with Gasteiger partial charge in [-0.25, -0.2) is 4.99 Å². The molecule has 0 spiro atoms. The van der Waals surface area contributed by atoms with Crippen molar-refractivity contribution in [1.29, 1.82) is 0 Å². The first-order chi connectivity index (χ1) is 11.6. The first-order valence-corrected chi connectivity index (χ1v) is 8.57. The predicted octanol–water partition coefficient (Wildman–Crippen LogP) is 2.11. The summed E-state index contributed by atoms with van der Waals surface area (Å²) in [5.74, 6) is 0.654. The van der Waals surface area contributed by atoms with Gasteiger partial charge in [-0.1, -0.05) is 30.9 Å². The van der Waals surface area contributed by atoms with Gasteiger partial charge in [-0.05, 0) is 31.9 Å². The van der Waals surface area contributed by atoms with Crippen LogP contribution >= 0.6 is 0 Å². The first kappa shape index (κ1) is 18.4. The number of hydrogen-bond acceptors (Lipinski definition) is 4. The first-order valence-electron chi connectivity index (χ1n) is 8.57. The molecule has 5 heteroatoms. The summed E-state index contributed by atoms with van der Waals surface area (Å²) in [5.41, 5.74) is 1.11. The number of aliphatic imine (C=N–C) groups is 1. The van der Waals surface area contributed by atoms with E-state index < -0.39 is 0 Å². The molecule has 2 aliphatic rings. The standard InChI is InChI=1S/C19H28N4O/c1-4-5-6-7-17-8-9-18(20-14-17)21-19(24)15-22-10-12-23(13-11-22)16(2)3/h4-7,9,14,16H,1,8,10-13,15H2,2-3H3,(H,21,24)/b6-5-,17-7+. The summed E-state index contributed by atoms with van der Waals surface area (Å²) in [5, 5.41) is 2.90. The number of piperazine rings is 1. The van der Waals surface area contributed by atoms with Gasteiger partial charge in [0.25, 0.3) is 0 Å². The van der Waals surface area contributed by atoms with Crippen LogP contribution in [0.2, 0.25) is 0 Å². The van der Waals surface area contributed by atoms with Crippen LogP contribution in [0, 0.1) is 0 Å². The van der Waals surface area contributed by atoms with E-state index in [1.54, 1.807) is 12.3 Å². The van der Waals surface area contributed by atoms with Crippen molar-refractivity contribution in [3.63, 3.8) is 0 Å². The molecule has 0 aromatic heterocycles. The fourth-order valence-electron chi connectivity index (χ4n) is 2.75. The third-order valence-electron chi connectivity index (χ3n) is 4.23.